The van der Waals surface area contributed by atoms with Gasteiger partial charge in [-0.2, -0.15) is 0 Å². The molecule has 15 heavy (non-hydrogen) atoms. The molecule has 0 saturated heterocycles. The molecule has 4 nitrogen and oxygen atoms in total. The van der Waals surface area contributed by atoms with Crippen molar-refractivity contribution in [2.45, 2.75) is 6.42 Å². The van der Waals surface area contributed by atoms with Crippen LogP contribution in [0.4, 0.5) is 14.5 Å². The number of nitrogens with two attached hydrogens (primary N) is 1. The van der Waals surface area contributed by atoms with E-state index in [0.717, 1.165) is 6.07 Å². The molecule has 0 amide bonds. The van der Waals surface area contributed by atoms with Crippen molar-refractivity contribution >= 4 is 11.7 Å². The van der Waals surface area contributed by atoms with E-state index in [9.17, 15) is 13.6 Å². The van der Waals surface area contributed by atoms with Crippen molar-refractivity contribution in [3.8, 4) is 5.75 Å². The van der Waals surface area contributed by atoms with Crippen LogP contribution in [-0.4, -0.2) is 18.2 Å². The molecule has 0 aliphatic heterocycles. The molecule has 1 aromatic rings. The summed E-state index contributed by atoms with van der Waals surface area (Å²) in [6.45, 7) is 0. The molecule has 0 bridgehead atoms. The second-order valence-corrected chi connectivity index (χ2v) is 2.85. The quantitative estimate of drug-likeness (QED) is 0.746. The highest BCUT2D eigenvalue weighted by Crippen LogP contribution is 2.29. The van der Waals surface area contributed by atoms with Crippen molar-refractivity contribution in [1.82, 2.24) is 0 Å². The number of aliphatic carboxylic acids is 1. The number of methoxy groups -OCH3 is 1. The Morgan fingerprint density at radius 3 is 2.60 bits per heavy atom. The van der Waals surface area contributed by atoms with Gasteiger partial charge in [-0.3, -0.25) is 4.79 Å². The molecule has 0 saturated carbocycles. The van der Waals surface area contributed by atoms with E-state index in [-0.39, 0.29) is 11.3 Å². The molecule has 1 aromatic carbocycles. The van der Waals surface area contributed by atoms with Gasteiger partial charge in [0.1, 0.15) is 11.4 Å². The van der Waals surface area contributed by atoms with Crippen LogP contribution < -0.4 is 10.5 Å². The number of halogens is 2. The first kappa shape index (κ1) is 11.2. The van der Waals surface area contributed by atoms with Crippen LogP contribution in [0.25, 0.3) is 0 Å². The Morgan fingerprint density at radius 2 is 2.13 bits per heavy atom. The van der Waals surface area contributed by atoms with Crippen molar-refractivity contribution in [3.63, 3.8) is 0 Å². The predicted molar refractivity (Wildman–Crippen MR) is 48.7 cm³/mol. The maximum Gasteiger partial charge on any atom is 0.307 e. The predicted octanol–water partition coefficient (Wildman–Crippen LogP) is 1.18. The summed E-state index contributed by atoms with van der Waals surface area (Å²) in [5.41, 5.74) is 4.44. The Hall–Kier alpha value is -1.85. The summed E-state index contributed by atoms with van der Waals surface area (Å²) in [6.07, 6.45) is -0.626. The van der Waals surface area contributed by atoms with Gasteiger partial charge in [0, 0.05) is 5.56 Å². The summed E-state index contributed by atoms with van der Waals surface area (Å²) in [5.74, 6) is -3.88. The Bertz CT molecular complexity index is 407. The SMILES string of the molecule is COc1cc(CC(=O)O)c(F)c(F)c1N. The standard InChI is InChI=1S/C9H9F2NO3/c1-15-5-2-4(3-6(13)14)7(10)8(11)9(5)12/h2H,3,12H2,1H3,(H,13,14). The maximum atomic E-state index is 13.2. The van der Waals surface area contributed by atoms with E-state index < -0.39 is 29.7 Å². The first-order valence-corrected chi connectivity index (χ1v) is 3.99. The van der Waals surface area contributed by atoms with Gasteiger partial charge in [0.2, 0.25) is 0 Å². The van der Waals surface area contributed by atoms with E-state index in [2.05, 4.69) is 4.74 Å². The number of rotatable bonds is 3. The zero-order valence-electron chi connectivity index (χ0n) is 7.88. The van der Waals surface area contributed by atoms with Gasteiger partial charge in [-0.25, -0.2) is 8.78 Å². The molecule has 3 N–H and O–H groups in total. The second kappa shape index (κ2) is 4.12. The Balaban J connectivity index is 3.28. The van der Waals surface area contributed by atoms with Crippen LogP contribution in [0.15, 0.2) is 6.07 Å². The van der Waals surface area contributed by atoms with Crippen LogP contribution in [0.2, 0.25) is 0 Å². The summed E-state index contributed by atoms with van der Waals surface area (Å²) < 4.78 is 31.0. The highest BCUT2D eigenvalue weighted by Gasteiger charge is 2.18. The monoisotopic (exact) mass is 217 g/mol. The van der Waals surface area contributed by atoms with Gasteiger partial charge >= 0.3 is 5.97 Å². The first-order valence-electron chi connectivity index (χ1n) is 3.99. The largest absolute Gasteiger partial charge is 0.494 e. The van der Waals surface area contributed by atoms with Gasteiger partial charge < -0.3 is 15.6 Å². The Morgan fingerprint density at radius 1 is 1.53 bits per heavy atom. The molecule has 6 heteroatoms. The fraction of sp³-hybridized carbons (Fsp3) is 0.222. The van der Waals surface area contributed by atoms with Crippen molar-refractivity contribution < 1.29 is 23.4 Å². The van der Waals surface area contributed by atoms with Gasteiger partial charge in [0.15, 0.2) is 11.6 Å². The van der Waals surface area contributed by atoms with E-state index in [0.29, 0.717) is 0 Å². The molecule has 0 spiro atoms. The number of ether oxygens (including phenoxy) is 1. The van der Waals surface area contributed by atoms with Gasteiger partial charge in [-0.15, -0.1) is 0 Å². The minimum absolute atomic E-state index is 0.0786. The molecule has 0 unspecified atom stereocenters. The van der Waals surface area contributed by atoms with Crippen molar-refractivity contribution in [3.05, 3.63) is 23.3 Å². The maximum absolute atomic E-state index is 13.2. The molecule has 0 radical (unpaired) electrons. The van der Waals surface area contributed by atoms with Crippen LogP contribution in [0.5, 0.6) is 5.75 Å². The van der Waals surface area contributed by atoms with Crippen molar-refractivity contribution in [2.75, 3.05) is 12.8 Å². The number of nitrogen functional groups attached to an aromatic ring is 1. The van der Waals surface area contributed by atoms with Gasteiger partial charge in [-0.05, 0) is 6.07 Å². The fourth-order valence-electron chi connectivity index (χ4n) is 1.13. The summed E-state index contributed by atoms with van der Waals surface area (Å²) in [6, 6.07) is 1.07. The van der Waals surface area contributed by atoms with E-state index in [1.54, 1.807) is 0 Å². The average Bonchev–Trinajstić information content (AvgIpc) is 2.18. The number of hydrogen-bond donors (Lipinski definition) is 2. The van der Waals surface area contributed by atoms with Crippen molar-refractivity contribution in [2.24, 2.45) is 0 Å². The molecular weight excluding hydrogens is 208 g/mol. The number of carboxylic acid groups (broad SMARTS) is 1. The van der Waals surface area contributed by atoms with Crippen molar-refractivity contribution in [1.29, 1.82) is 0 Å². The number of carboxylic acids is 1. The molecule has 0 aliphatic carbocycles. The number of benzene rings is 1. The van der Waals surface area contributed by atoms with Gasteiger partial charge in [-0.1, -0.05) is 0 Å². The lowest BCUT2D eigenvalue weighted by Crippen LogP contribution is -2.07. The highest BCUT2D eigenvalue weighted by molar-refractivity contribution is 5.71. The molecule has 82 valence electrons. The van der Waals surface area contributed by atoms with E-state index in [1.807, 2.05) is 0 Å². The minimum Gasteiger partial charge on any atom is -0.494 e. The van der Waals surface area contributed by atoms with E-state index in [4.69, 9.17) is 10.8 Å². The number of anilines is 1. The zero-order valence-corrected chi connectivity index (χ0v) is 7.88. The Labute approximate surface area is 84.3 Å². The first-order chi connectivity index (χ1) is 6.97. The third-order valence-electron chi connectivity index (χ3n) is 1.84. The summed E-state index contributed by atoms with van der Waals surface area (Å²) in [7, 11) is 1.23. The summed E-state index contributed by atoms with van der Waals surface area (Å²) in [5, 5.41) is 8.45. The fourth-order valence-corrected chi connectivity index (χ4v) is 1.13. The number of carbonyl (C=O) groups is 1. The highest BCUT2D eigenvalue weighted by atomic mass is 19.2. The summed E-state index contributed by atoms with van der Waals surface area (Å²) in [4.78, 5) is 10.4. The van der Waals surface area contributed by atoms with Gasteiger partial charge in [0.05, 0.1) is 13.5 Å². The Kier molecular flexibility index (Phi) is 3.08. The third-order valence-corrected chi connectivity index (χ3v) is 1.84. The lowest BCUT2D eigenvalue weighted by Gasteiger charge is -2.09. The molecule has 0 aliphatic rings. The molecule has 0 fully saturated rings. The van der Waals surface area contributed by atoms with E-state index >= 15 is 0 Å². The van der Waals surface area contributed by atoms with E-state index in [1.165, 1.54) is 7.11 Å². The second-order valence-electron chi connectivity index (χ2n) is 2.85. The van der Waals surface area contributed by atoms with Crippen LogP contribution in [0.3, 0.4) is 0 Å². The third kappa shape index (κ3) is 2.15. The van der Waals surface area contributed by atoms with Crippen LogP contribution in [-0.2, 0) is 11.2 Å². The zero-order chi connectivity index (χ0) is 11.6. The normalized spacial score (nSPS) is 10.1. The summed E-state index contributed by atoms with van der Waals surface area (Å²) >= 11 is 0. The molecule has 0 atom stereocenters. The molecule has 0 aromatic heterocycles. The molecule has 1 rings (SSSR count). The lowest BCUT2D eigenvalue weighted by molar-refractivity contribution is -0.136. The minimum atomic E-state index is -1.29. The molecule has 0 heterocycles. The average molecular weight is 217 g/mol. The van der Waals surface area contributed by atoms with Crippen LogP contribution >= 0.6 is 0 Å². The smallest absolute Gasteiger partial charge is 0.307 e. The van der Waals surface area contributed by atoms with Gasteiger partial charge in [0.25, 0.3) is 0 Å². The van der Waals surface area contributed by atoms with Crippen LogP contribution in [0.1, 0.15) is 5.56 Å². The van der Waals surface area contributed by atoms with Crippen LogP contribution in [0, 0.1) is 11.6 Å². The topological polar surface area (TPSA) is 72.5 Å². The number of hydrogen-bond acceptors (Lipinski definition) is 3. The molecular formula is C9H9F2NO3. The lowest BCUT2D eigenvalue weighted by atomic mass is 10.1.